The molecule has 1 aliphatic heterocycles. The summed E-state index contributed by atoms with van der Waals surface area (Å²) in [7, 11) is 0. The molecule has 0 bridgehead atoms. The smallest absolute Gasteiger partial charge is 0.0655 e. The summed E-state index contributed by atoms with van der Waals surface area (Å²) < 4.78 is 0. The van der Waals surface area contributed by atoms with Crippen LogP contribution in [0.25, 0.3) is 0 Å². The van der Waals surface area contributed by atoms with E-state index in [2.05, 4.69) is 24.8 Å². The first-order chi connectivity index (χ1) is 7.70. The number of rotatable bonds is 1. The standard InChI is InChI=1S/C14H24N2/c1-11-7-8-16(10-12(11)2)14-5-3-13(9-15)4-6-14/h11-14H,3-8,10H2,1-2H3/t11?,12-,13?,14?/m1/s1. The van der Waals surface area contributed by atoms with Crippen LogP contribution >= 0.6 is 0 Å². The molecule has 0 aromatic rings. The maximum Gasteiger partial charge on any atom is 0.0655 e. The number of likely N-dealkylation sites (tertiary alicyclic amines) is 1. The van der Waals surface area contributed by atoms with E-state index in [1.807, 2.05) is 0 Å². The van der Waals surface area contributed by atoms with E-state index in [4.69, 9.17) is 5.26 Å². The molecule has 2 atom stereocenters. The van der Waals surface area contributed by atoms with Gasteiger partial charge in [-0.25, -0.2) is 0 Å². The molecule has 0 amide bonds. The van der Waals surface area contributed by atoms with E-state index in [1.165, 1.54) is 32.4 Å². The highest BCUT2D eigenvalue weighted by molar-refractivity contribution is 4.91. The first-order valence-corrected chi connectivity index (χ1v) is 6.84. The van der Waals surface area contributed by atoms with Gasteiger partial charge in [-0.3, -0.25) is 0 Å². The van der Waals surface area contributed by atoms with Crippen LogP contribution in [0.3, 0.4) is 0 Å². The molecule has 0 aromatic heterocycles. The SMILES string of the molecule is CC1CCN(C2CCC(C#N)CC2)C[C@H]1C. The molecule has 0 spiro atoms. The van der Waals surface area contributed by atoms with Gasteiger partial charge in [0.1, 0.15) is 0 Å². The summed E-state index contributed by atoms with van der Waals surface area (Å²) in [6.45, 7) is 7.34. The zero-order valence-corrected chi connectivity index (χ0v) is 10.7. The number of piperidine rings is 1. The Morgan fingerprint density at radius 1 is 1.00 bits per heavy atom. The van der Waals surface area contributed by atoms with Crippen molar-refractivity contribution in [3.63, 3.8) is 0 Å². The Morgan fingerprint density at radius 3 is 2.25 bits per heavy atom. The topological polar surface area (TPSA) is 27.0 Å². The predicted octanol–water partition coefficient (Wildman–Crippen LogP) is 3.05. The van der Waals surface area contributed by atoms with Crippen molar-refractivity contribution in [3.05, 3.63) is 0 Å². The lowest BCUT2D eigenvalue weighted by Gasteiger charge is -2.42. The van der Waals surface area contributed by atoms with Gasteiger partial charge in [0.05, 0.1) is 6.07 Å². The Balaban J connectivity index is 1.83. The van der Waals surface area contributed by atoms with E-state index in [1.54, 1.807) is 0 Å². The van der Waals surface area contributed by atoms with Gasteiger partial charge in [0, 0.05) is 18.5 Å². The van der Waals surface area contributed by atoms with E-state index >= 15 is 0 Å². The van der Waals surface area contributed by atoms with E-state index in [9.17, 15) is 0 Å². The zero-order chi connectivity index (χ0) is 11.5. The van der Waals surface area contributed by atoms with Crippen molar-refractivity contribution in [1.29, 1.82) is 5.26 Å². The Bertz CT molecular complexity index is 260. The number of nitriles is 1. The van der Waals surface area contributed by atoms with E-state index in [-0.39, 0.29) is 0 Å². The number of nitrogens with zero attached hydrogens (tertiary/aromatic N) is 2. The highest BCUT2D eigenvalue weighted by Gasteiger charge is 2.30. The van der Waals surface area contributed by atoms with Crippen molar-refractivity contribution in [3.8, 4) is 6.07 Å². The molecule has 90 valence electrons. The summed E-state index contributed by atoms with van der Waals surface area (Å²) >= 11 is 0. The molecule has 16 heavy (non-hydrogen) atoms. The second-order valence-corrected chi connectivity index (χ2v) is 5.87. The minimum Gasteiger partial charge on any atom is -0.300 e. The lowest BCUT2D eigenvalue weighted by atomic mass is 9.83. The highest BCUT2D eigenvalue weighted by atomic mass is 15.2. The van der Waals surface area contributed by atoms with Crippen LogP contribution in [0.1, 0.15) is 46.0 Å². The molecule has 2 fully saturated rings. The largest absolute Gasteiger partial charge is 0.300 e. The van der Waals surface area contributed by atoms with Crippen molar-refractivity contribution in [2.75, 3.05) is 13.1 Å². The fraction of sp³-hybridized carbons (Fsp3) is 0.929. The van der Waals surface area contributed by atoms with Crippen LogP contribution in [0.15, 0.2) is 0 Å². The maximum atomic E-state index is 8.90. The van der Waals surface area contributed by atoms with E-state index in [0.29, 0.717) is 5.92 Å². The molecule has 2 rings (SSSR count). The Kier molecular flexibility index (Phi) is 3.86. The quantitative estimate of drug-likeness (QED) is 0.679. The van der Waals surface area contributed by atoms with Crippen LogP contribution in [-0.2, 0) is 0 Å². The van der Waals surface area contributed by atoms with Crippen LogP contribution in [0.4, 0.5) is 0 Å². The summed E-state index contributed by atoms with van der Waals surface area (Å²) in [5, 5.41) is 8.90. The minimum atomic E-state index is 0.345. The Labute approximate surface area is 99.6 Å². The predicted molar refractivity (Wildman–Crippen MR) is 65.9 cm³/mol. The Hall–Kier alpha value is -0.550. The fourth-order valence-electron chi connectivity index (χ4n) is 3.20. The maximum absolute atomic E-state index is 8.90. The molecule has 2 aliphatic rings. The first-order valence-electron chi connectivity index (χ1n) is 6.84. The fourth-order valence-corrected chi connectivity index (χ4v) is 3.20. The third kappa shape index (κ3) is 2.58. The van der Waals surface area contributed by atoms with Gasteiger partial charge in [-0.2, -0.15) is 5.26 Å². The van der Waals surface area contributed by atoms with Gasteiger partial charge < -0.3 is 4.90 Å². The molecule has 1 saturated carbocycles. The summed E-state index contributed by atoms with van der Waals surface area (Å²) in [5.74, 6) is 2.09. The summed E-state index contributed by atoms with van der Waals surface area (Å²) in [6, 6.07) is 3.20. The first kappa shape index (κ1) is 11.9. The van der Waals surface area contributed by atoms with Gasteiger partial charge in [-0.1, -0.05) is 13.8 Å². The molecular weight excluding hydrogens is 196 g/mol. The molecule has 0 radical (unpaired) electrons. The Morgan fingerprint density at radius 2 is 1.69 bits per heavy atom. The van der Waals surface area contributed by atoms with Crippen LogP contribution in [0.5, 0.6) is 0 Å². The minimum absolute atomic E-state index is 0.345. The van der Waals surface area contributed by atoms with Crippen LogP contribution < -0.4 is 0 Å². The average molecular weight is 220 g/mol. The van der Waals surface area contributed by atoms with Crippen LogP contribution in [-0.4, -0.2) is 24.0 Å². The van der Waals surface area contributed by atoms with Gasteiger partial charge in [0.2, 0.25) is 0 Å². The lowest BCUT2D eigenvalue weighted by molar-refractivity contribution is 0.0720. The molecule has 2 nitrogen and oxygen atoms in total. The average Bonchev–Trinajstić information content (AvgIpc) is 2.33. The van der Waals surface area contributed by atoms with Crippen molar-refractivity contribution in [2.45, 2.75) is 52.0 Å². The normalized spacial score (nSPS) is 41.6. The van der Waals surface area contributed by atoms with Gasteiger partial charge >= 0.3 is 0 Å². The molecule has 1 saturated heterocycles. The van der Waals surface area contributed by atoms with E-state index in [0.717, 1.165) is 30.7 Å². The third-order valence-corrected chi connectivity index (χ3v) is 4.76. The summed E-state index contributed by atoms with van der Waals surface area (Å²) in [4.78, 5) is 2.69. The second kappa shape index (κ2) is 5.19. The molecule has 0 N–H and O–H groups in total. The van der Waals surface area contributed by atoms with E-state index < -0.39 is 0 Å². The van der Waals surface area contributed by atoms with Crippen molar-refractivity contribution < 1.29 is 0 Å². The van der Waals surface area contributed by atoms with Crippen molar-refractivity contribution >= 4 is 0 Å². The zero-order valence-electron chi connectivity index (χ0n) is 10.7. The van der Waals surface area contributed by atoms with Crippen molar-refractivity contribution in [2.24, 2.45) is 17.8 Å². The third-order valence-electron chi connectivity index (χ3n) is 4.76. The van der Waals surface area contributed by atoms with Gasteiger partial charge in [0.25, 0.3) is 0 Å². The van der Waals surface area contributed by atoms with Gasteiger partial charge in [-0.15, -0.1) is 0 Å². The molecule has 1 aliphatic carbocycles. The summed E-state index contributed by atoms with van der Waals surface area (Å²) in [6.07, 6.45) is 6.11. The van der Waals surface area contributed by atoms with Crippen LogP contribution in [0, 0.1) is 29.1 Å². The molecule has 1 unspecified atom stereocenters. The molecule has 1 heterocycles. The second-order valence-electron chi connectivity index (χ2n) is 5.87. The monoisotopic (exact) mass is 220 g/mol. The molecule has 2 heteroatoms. The van der Waals surface area contributed by atoms with Gasteiger partial charge in [0.15, 0.2) is 0 Å². The highest BCUT2D eigenvalue weighted by Crippen LogP contribution is 2.31. The van der Waals surface area contributed by atoms with Crippen molar-refractivity contribution in [1.82, 2.24) is 4.90 Å². The van der Waals surface area contributed by atoms with Crippen LogP contribution in [0.2, 0.25) is 0 Å². The number of hydrogen-bond acceptors (Lipinski definition) is 2. The lowest BCUT2D eigenvalue weighted by Crippen LogP contribution is -2.45. The number of hydrogen-bond donors (Lipinski definition) is 0. The molecular formula is C14H24N2. The van der Waals surface area contributed by atoms with Gasteiger partial charge in [-0.05, 0) is 50.5 Å². The summed E-state index contributed by atoms with van der Waals surface area (Å²) in [5.41, 5.74) is 0. The molecule has 0 aromatic carbocycles.